The Hall–Kier alpha value is -0.220. The predicted octanol–water partition coefficient (Wildman–Crippen LogP) is 1.80. The third-order valence-corrected chi connectivity index (χ3v) is 2.43. The van der Waals surface area contributed by atoms with Gasteiger partial charge in [-0.2, -0.15) is 0 Å². The van der Waals surface area contributed by atoms with Crippen molar-refractivity contribution in [1.82, 2.24) is 5.32 Å². The average Bonchev–Trinajstić information content (AvgIpc) is 2.55. The van der Waals surface area contributed by atoms with Gasteiger partial charge >= 0.3 is 0 Å². The molecule has 0 aliphatic carbocycles. The summed E-state index contributed by atoms with van der Waals surface area (Å²) in [6.45, 7) is 4.16. The third-order valence-electron chi connectivity index (χ3n) is 2.43. The number of nitrogens with one attached hydrogen (secondary N) is 1. The fourth-order valence-corrected chi connectivity index (χ4v) is 1.59. The van der Waals surface area contributed by atoms with Gasteiger partial charge in [-0.05, 0) is 26.7 Å². The fraction of sp³-hybridized carbons (Fsp3) is 1.00. The summed E-state index contributed by atoms with van der Waals surface area (Å²) in [5.74, 6) is 0. The van der Waals surface area contributed by atoms with Crippen LogP contribution < -0.4 is 5.32 Å². The monoisotopic (exact) mass is 193 g/mol. The highest BCUT2D eigenvalue weighted by atomic mass is 19.3. The van der Waals surface area contributed by atoms with Gasteiger partial charge in [0.2, 0.25) is 0 Å². The van der Waals surface area contributed by atoms with Crippen molar-refractivity contribution in [3.8, 4) is 0 Å². The van der Waals surface area contributed by atoms with Crippen LogP contribution >= 0.6 is 0 Å². The van der Waals surface area contributed by atoms with Crippen LogP contribution in [0.25, 0.3) is 0 Å². The standard InChI is InChI=1S/C9H17F2NO/c1-6(8-4-3-5-13-8)12-7(2)9(10)11/h6-9,12H,3-5H2,1-2H3. The van der Waals surface area contributed by atoms with Crippen molar-refractivity contribution in [3.63, 3.8) is 0 Å². The molecule has 0 aromatic carbocycles. The Bertz CT molecular complexity index is 149. The number of alkyl halides is 2. The molecule has 0 amide bonds. The molecule has 1 N–H and O–H groups in total. The fourth-order valence-electron chi connectivity index (χ4n) is 1.59. The molecule has 0 saturated carbocycles. The number of hydrogen-bond acceptors (Lipinski definition) is 2. The molecule has 0 spiro atoms. The number of halogens is 2. The molecule has 78 valence electrons. The van der Waals surface area contributed by atoms with E-state index in [0.717, 1.165) is 19.4 Å². The minimum atomic E-state index is -2.30. The second-order valence-electron chi connectivity index (χ2n) is 3.63. The van der Waals surface area contributed by atoms with Crippen LogP contribution in [0, 0.1) is 0 Å². The summed E-state index contributed by atoms with van der Waals surface area (Å²) >= 11 is 0. The maximum absolute atomic E-state index is 12.2. The summed E-state index contributed by atoms with van der Waals surface area (Å²) < 4.78 is 29.7. The van der Waals surface area contributed by atoms with Gasteiger partial charge in [-0.25, -0.2) is 8.78 Å². The summed E-state index contributed by atoms with van der Waals surface area (Å²) in [5, 5.41) is 2.85. The second kappa shape index (κ2) is 4.86. The van der Waals surface area contributed by atoms with E-state index in [0.29, 0.717) is 0 Å². The molecule has 3 atom stereocenters. The molecule has 1 fully saturated rings. The molecule has 0 aromatic heterocycles. The molecule has 1 aliphatic heterocycles. The number of rotatable bonds is 4. The summed E-state index contributed by atoms with van der Waals surface area (Å²) in [5.41, 5.74) is 0. The van der Waals surface area contributed by atoms with Crippen molar-refractivity contribution < 1.29 is 13.5 Å². The Morgan fingerprint density at radius 2 is 2.08 bits per heavy atom. The van der Waals surface area contributed by atoms with E-state index in [-0.39, 0.29) is 12.1 Å². The van der Waals surface area contributed by atoms with Crippen molar-refractivity contribution in [2.45, 2.75) is 51.3 Å². The molecule has 0 aromatic rings. The maximum atomic E-state index is 12.2. The van der Waals surface area contributed by atoms with Gasteiger partial charge < -0.3 is 10.1 Å². The Labute approximate surface area is 77.6 Å². The highest BCUT2D eigenvalue weighted by Gasteiger charge is 2.25. The van der Waals surface area contributed by atoms with E-state index in [1.807, 2.05) is 6.92 Å². The molecule has 4 heteroatoms. The smallest absolute Gasteiger partial charge is 0.253 e. The van der Waals surface area contributed by atoms with E-state index >= 15 is 0 Å². The lowest BCUT2D eigenvalue weighted by Crippen LogP contribution is -2.45. The molecule has 1 aliphatic rings. The summed E-state index contributed by atoms with van der Waals surface area (Å²) in [7, 11) is 0. The van der Waals surface area contributed by atoms with E-state index in [9.17, 15) is 8.78 Å². The zero-order chi connectivity index (χ0) is 9.84. The molecule has 1 saturated heterocycles. The first-order valence-corrected chi connectivity index (χ1v) is 4.77. The van der Waals surface area contributed by atoms with Gasteiger partial charge in [0.15, 0.2) is 0 Å². The topological polar surface area (TPSA) is 21.3 Å². The van der Waals surface area contributed by atoms with Gasteiger partial charge in [-0.15, -0.1) is 0 Å². The van der Waals surface area contributed by atoms with Crippen LogP contribution in [0.3, 0.4) is 0 Å². The number of ether oxygens (including phenoxy) is 1. The third kappa shape index (κ3) is 3.19. The zero-order valence-electron chi connectivity index (χ0n) is 8.09. The van der Waals surface area contributed by atoms with Gasteiger partial charge in [-0.1, -0.05) is 0 Å². The number of hydrogen-bond donors (Lipinski definition) is 1. The maximum Gasteiger partial charge on any atom is 0.253 e. The molecule has 13 heavy (non-hydrogen) atoms. The Kier molecular flexibility index (Phi) is 4.06. The van der Waals surface area contributed by atoms with Gasteiger partial charge in [-0.3, -0.25) is 0 Å². The SMILES string of the molecule is CC(NC(C)C1CCCO1)C(F)F. The summed E-state index contributed by atoms with van der Waals surface area (Å²) in [4.78, 5) is 0. The Morgan fingerprint density at radius 1 is 1.38 bits per heavy atom. The Morgan fingerprint density at radius 3 is 2.54 bits per heavy atom. The molecule has 0 radical (unpaired) electrons. The van der Waals surface area contributed by atoms with Crippen LogP contribution in [0.5, 0.6) is 0 Å². The lowest BCUT2D eigenvalue weighted by atomic mass is 10.1. The minimum Gasteiger partial charge on any atom is -0.377 e. The summed E-state index contributed by atoms with van der Waals surface area (Å²) in [6, 6.07) is -0.731. The summed E-state index contributed by atoms with van der Waals surface area (Å²) in [6.07, 6.45) is -0.172. The first-order chi connectivity index (χ1) is 6.11. The van der Waals surface area contributed by atoms with Gasteiger partial charge in [0.05, 0.1) is 12.1 Å². The van der Waals surface area contributed by atoms with E-state index in [1.54, 1.807) is 0 Å². The van der Waals surface area contributed by atoms with E-state index in [2.05, 4.69) is 5.32 Å². The quantitative estimate of drug-likeness (QED) is 0.735. The van der Waals surface area contributed by atoms with E-state index in [4.69, 9.17) is 4.74 Å². The predicted molar refractivity (Wildman–Crippen MR) is 47.0 cm³/mol. The van der Waals surface area contributed by atoms with Crippen LogP contribution in [0.15, 0.2) is 0 Å². The van der Waals surface area contributed by atoms with Gasteiger partial charge in [0.1, 0.15) is 0 Å². The van der Waals surface area contributed by atoms with E-state index in [1.165, 1.54) is 6.92 Å². The van der Waals surface area contributed by atoms with Gasteiger partial charge in [0, 0.05) is 12.6 Å². The van der Waals surface area contributed by atoms with Crippen LogP contribution in [0.2, 0.25) is 0 Å². The lowest BCUT2D eigenvalue weighted by molar-refractivity contribution is 0.0557. The zero-order valence-corrected chi connectivity index (χ0v) is 8.09. The van der Waals surface area contributed by atoms with Crippen molar-refractivity contribution in [2.75, 3.05) is 6.61 Å². The molecule has 3 unspecified atom stereocenters. The largest absolute Gasteiger partial charge is 0.377 e. The van der Waals surface area contributed by atoms with Crippen LogP contribution in [-0.2, 0) is 4.74 Å². The van der Waals surface area contributed by atoms with E-state index < -0.39 is 12.5 Å². The Balaban J connectivity index is 2.26. The minimum absolute atomic E-state index is 0.0199. The van der Waals surface area contributed by atoms with Crippen molar-refractivity contribution >= 4 is 0 Å². The van der Waals surface area contributed by atoms with Crippen molar-refractivity contribution in [2.24, 2.45) is 0 Å². The first kappa shape index (κ1) is 10.9. The highest BCUT2D eigenvalue weighted by Crippen LogP contribution is 2.16. The lowest BCUT2D eigenvalue weighted by Gasteiger charge is -2.23. The van der Waals surface area contributed by atoms with Crippen molar-refractivity contribution in [1.29, 1.82) is 0 Å². The molecular formula is C9H17F2NO. The highest BCUT2D eigenvalue weighted by molar-refractivity contribution is 4.79. The normalized spacial score (nSPS) is 27.9. The average molecular weight is 193 g/mol. The molecule has 1 heterocycles. The molecular weight excluding hydrogens is 176 g/mol. The van der Waals surface area contributed by atoms with Crippen LogP contribution in [0.1, 0.15) is 26.7 Å². The first-order valence-electron chi connectivity index (χ1n) is 4.77. The van der Waals surface area contributed by atoms with Crippen molar-refractivity contribution in [3.05, 3.63) is 0 Å². The molecule has 1 rings (SSSR count). The second-order valence-corrected chi connectivity index (χ2v) is 3.63. The van der Waals surface area contributed by atoms with Crippen LogP contribution in [0.4, 0.5) is 8.78 Å². The molecule has 2 nitrogen and oxygen atoms in total. The molecule has 0 bridgehead atoms. The van der Waals surface area contributed by atoms with Crippen LogP contribution in [-0.4, -0.2) is 31.2 Å². The van der Waals surface area contributed by atoms with Gasteiger partial charge in [0.25, 0.3) is 6.43 Å².